The number of ether oxygens (including phenoxy) is 1. The van der Waals surface area contributed by atoms with Gasteiger partial charge >= 0.3 is 6.03 Å². The summed E-state index contributed by atoms with van der Waals surface area (Å²) < 4.78 is 32.5. The molecule has 1 aliphatic rings. The van der Waals surface area contributed by atoms with Gasteiger partial charge in [-0.1, -0.05) is 24.3 Å². The zero-order valence-corrected chi connectivity index (χ0v) is 18.1. The third-order valence-corrected chi connectivity index (χ3v) is 5.86. The van der Waals surface area contributed by atoms with E-state index in [9.17, 15) is 13.6 Å². The van der Waals surface area contributed by atoms with Crippen LogP contribution in [0.25, 0.3) is 10.9 Å². The number of carbonyl (C=O) groups excluding carboxylic acids is 1. The molecular formula is C24H26F2N4O2. The number of urea groups is 1. The van der Waals surface area contributed by atoms with Crippen molar-refractivity contribution in [2.24, 2.45) is 0 Å². The molecule has 0 bridgehead atoms. The van der Waals surface area contributed by atoms with E-state index in [0.29, 0.717) is 43.2 Å². The Morgan fingerprint density at radius 2 is 1.97 bits per heavy atom. The number of pyridine rings is 1. The molecule has 1 saturated heterocycles. The normalized spacial score (nSPS) is 18.8. The van der Waals surface area contributed by atoms with E-state index in [1.54, 1.807) is 13.2 Å². The molecule has 4 rings (SSSR count). The molecular weight excluding hydrogens is 414 g/mol. The number of rotatable bonds is 6. The average Bonchev–Trinajstić information content (AvgIpc) is 3.17. The lowest BCUT2D eigenvalue weighted by atomic mass is 9.94. The first-order chi connectivity index (χ1) is 15.4. The van der Waals surface area contributed by atoms with Gasteiger partial charge in [-0.05, 0) is 36.8 Å². The van der Waals surface area contributed by atoms with E-state index >= 15 is 0 Å². The zero-order chi connectivity index (χ0) is 22.7. The van der Waals surface area contributed by atoms with E-state index in [1.165, 1.54) is 6.07 Å². The lowest BCUT2D eigenvalue weighted by Crippen LogP contribution is -2.42. The minimum Gasteiger partial charge on any atom is -0.383 e. The number of methoxy groups -OCH3 is 1. The molecule has 0 saturated carbocycles. The Balaban J connectivity index is 1.51. The summed E-state index contributed by atoms with van der Waals surface area (Å²) in [6.07, 6.45) is 0. The van der Waals surface area contributed by atoms with Gasteiger partial charge in [-0.15, -0.1) is 0 Å². The Morgan fingerprint density at radius 1 is 1.16 bits per heavy atom. The van der Waals surface area contributed by atoms with Crippen molar-refractivity contribution in [2.45, 2.75) is 18.9 Å². The van der Waals surface area contributed by atoms with Crippen molar-refractivity contribution >= 4 is 22.6 Å². The maximum absolute atomic E-state index is 13.9. The number of nitrogens with zero attached hydrogens (tertiary/aromatic N) is 2. The van der Waals surface area contributed by atoms with Crippen molar-refractivity contribution in [1.82, 2.24) is 15.2 Å². The van der Waals surface area contributed by atoms with Crippen LogP contribution in [0.4, 0.5) is 19.3 Å². The second-order valence-corrected chi connectivity index (χ2v) is 8.05. The van der Waals surface area contributed by atoms with Gasteiger partial charge < -0.3 is 15.4 Å². The summed E-state index contributed by atoms with van der Waals surface area (Å²) in [5.74, 6) is -1.95. The van der Waals surface area contributed by atoms with Crippen LogP contribution in [0.2, 0.25) is 0 Å². The van der Waals surface area contributed by atoms with Gasteiger partial charge in [0, 0.05) is 38.0 Å². The second kappa shape index (κ2) is 9.58. The van der Waals surface area contributed by atoms with E-state index in [4.69, 9.17) is 4.74 Å². The van der Waals surface area contributed by atoms with E-state index < -0.39 is 11.6 Å². The molecule has 2 amide bonds. The van der Waals surface area contributed by atoms with E-state index in [-0.39, 0.29) is 18.0 Å². The molecule has 1 fully saturated rings. The number of aryl methyl sites for hydroxylation is 1. The van der Waals surface area contributed by atoms with Gasteiger partial charge in [0.15, 0.2) is 11.6 Å². The van der Waals surface area contributed by atoms with E-state index in [0.717, 1.165) is 17.0 Å². The lowest BCUT2D eigenvalue weighted by molar-refractivity contribution is 0.159. The van der Waals surface area contributed by atoms with Crippen LogP contribution in [-0.4, -0.2) is 55.3 Å². The summed E-state index contributed by atoms with van der Waals surface area (Å²) >= 11 is 0. The molecule has 1 aliphatic heterocycles. The van der Waals surface area contributed by atoms with Gasteiger partial charge in [0.2, 0.25) is 0 Å². The summed E-state index contributed by atoms with van der Waals surface area (Å²) in [6, 6.07) is 12.9. The van der Waals surface area contributed by atoms with Crippen molar-refractivity contribution < 1.29 is 18.3 Å². The van der Waals surface area contributed by atoms with Gasteiger partial charge in [-0.2, -0.15) is 0 Å². The summed E-state index contributed by atoms with van der Waals surface area (Å²) in [6.45, 7) is 4.26. The first-order valence-electron chi connectivity index (χ1n) is 10.5. The highest BCUT2D eigenvalue weighted by Gasteiger charge is 2.35. The van der Waals surface area contributed by atoms with Crippen molar-refractivity contribution in [3.05, 3.63) is 71.4 Å². The summed E-state index contributed by atoms with van der Waals surface area (Å²) in [4.78, 5) is 19.5. The predicted octanol–water partition coefficient (Wildman–Crippen LogP) is 4.06. The molecule has 0 radical (unpaired) electrons. The van der Waals surface area contributed by atoms with Crippen LogP contribution >= 0.6 is 0 Å². The number of amides is 2. The van der Waals surface area contributed by atoms with Crippen molar-refractivity contribution in [3.63, 3.8) is 0 Å². The number of aromatic nitrogens is 1. The standard InChI is InChI=1S/C24H26F2N4O2/c1-15-22(12-17-5-3-4-6-21(17)27-15)28-24(31)29-23-14-30(9-10-32-2)13-18(23)16-7-8-19(25)20(26)11-16/h3-8,11-12,18,23H,9-10,13-14H2,1-2H3,(H2,28,29,31)/t18-,23+/m0/s1. The number of fused-ring (bicyclic) bond motifs is 1. The van der Waals surface area contributed by atoms with Crippen LogP contribution in [0.5, 0.6) is 0 Å². The number of para-hydroxylation sites is 1. The van der Waals surface area contributed by atoms with Crippen LogP contribution < -0.4 is 10.6 Å². The molecule has 0 spiro atoms. The SMILES string of the molecule is COCCN1C[C@@H](NC(=O)Nc2cc3ccccc3nc2C)[C@H](c2ccc(F)c(F)c2)C1. The highest BCUT2D eigenvalue weighted by molar-refractivity contribution is 5.93. The van der Waals surface area contributed by atoms with Gasteiger partial charge in [0.25, 0.3) is 0 Å². The number of anilines is 1. The highest BCUT2D eigenvalue weighted by atomic mass is 19.2. The number of carbonyl (C=O) groups is 1. The molecule has 3 aromatic rings. The van der Waals surface area contributed by atoms with E-state index in [1.807, 2.05) is 37.3 Å². The third-order valence-electron chi connectivity index (χ3n) is 5.86. The number of hydrogen-bond donors (Lipinski definition) is 2. The molecule has 6 nitrogen and oxygen atoms in total. The minimum absolute atomic E-state index is 0.177. The minimum atomic E-state index is -0.890. The summed E-state index contributed by atoms with van der Waals surface area (Å²) in [5.41, 5.74) is 2.85. The zero-order valence-electron chi connectivity index (χ0n) is 18.1. The Bertz CT molecular complexity index is 1120. The molecule has 168 valence electrons. The molecule has 2 aromatic carbocycles. The maximum Gasteiger partial charge on any atom is 0.319 e. The fraction of sp³-hybridized carbons (Fsp3) is 0.333. The Morgan fingerprint density at radius 3 is 2.75 bits per heavy atom. The number of nitrogens with one attached hydrogen (secondary N) is 2. The molecule has 2 N–H and O–H groups in total. The second-order valence-electron chi connectivity index (χ2n) is 8.05. The maximum atomic E-state index is 13.9. The van der Waals surface area contributed by atoms with Crippen molar-refractivity contribution in [3.8, 4) is 0 Å². The lowest BCUT2D eigenvalue weighted by Gasteiger charge is -2.21. The first-order valence-corrected chi connectivity index (χ1v) is 10.5. The smallest absolute Gasteiger partial charge is 0.319 e. The van der Waals surface area contributed by atoms with Gasteiger partial charge in [0.1, 0.15) is 0 Å². The van der Waals surface area contributed by atoms with Crippen LogP contribution in [-0.2, 0) is 4.74 Å². The molecule has 0 aliphatic carbocycles. The number of halogens is 2. The summed E-state index contributed by atoms with van der Waals surface area (Å²) in [7, 11) is 1.63. The topological polar surface area (TPSA) is 66.5 Å². The molecule has 1 aromatic heterocycles. The van der Waals surface area contributed by atoms with Gasteiger partial charge in [-0.3, -0.25) is 9.88 Å². The molecule has 8 heteroatoms. The average molecular weight is 440 g/mol. The Kier molecular flexibility index (Phi) is 6.62. The monoisotopic (exact) mass is 440 g/mol. The number of benzene rings is 2. The van der Waals surface area contributed by atoms with Crippen LogP contribution in [0.15, 0.2) is 48.5 Å². The fourth-order valence-electron chi connectivity index (χ4n) is 4.18. The fourth-order valence-corrected chi connectivity index (χ4v) is 4.18. The predicted molar refractivity (Wildman–Crippen MR) is 120 cm³/mol. The van der Waals surface area contributed by atoms with E-state index in [2.05, 4.69) is 20.5 Å². The van der Waals surface area contributed by atoms with Crippen LogP contribution in [0, 0.1) is 18.6 Å². The van der Waals surface area contributed by atoms with Gasteiger partial charge in [-0.25, -0.2) is 13.6 Å². The summed E-state index contributed by atoms with van der Waals surface area (Å²) in [5, 5.41) is 6.84. The molecule has 2 atom stereocenters. The number of hydrogen-bond acceptors (Lipinski definition) is 4. The highest BCUT2D eigenvalue weighted by Crippen LogP contribution is 2.29. The molecule has 32 heavy (non-hydrogen) atoms. The van der Waals surface area contributed by atoms with Gasteiger partial charge in [0.05, 0.1) is 29.5 Å². The molecule has 0 unspecified atom stereocenters. The Labute approximate surface area is 185 Å². The third kappa shape index (κ3) is 4.87. The first kappa shape index (κ1) is 22.1. The number of likely N-dealkylation sites (tertiary alicyclic amines) is 1. The Hall–Kier alpha value is -3.10. The van der Waals surface area contributed by atoms with Crippen molar-refractivity contribution in [2.75, 3.05) is 38.7 Å². The quantitative estimate of drug-likeness (QED) is 0.607. The van der Waals surface area contributed by atoms with Crippen molar-refractivity contribution in [1.29, 1.82) is 0 Å². The van der Waals surface area contributed by atoms with Crippen LogP contribution in [0.3, 0.4) is 0 Å². The largest absolute Gasteiger partial charge is 0.383 e. The van der Waals surface area contributed by atoms with Crippen LogP contribution in [0.1, 0.15) is 17.2 Å². The molecule has 2 heterocycles.